The Hall–Kier alpha value is -1.61. The van der Waals surface area contributed by atoms with Crippen LogP contribution in [0, 0.1) is 0 Å². The van der Waals surface area contributed by atoms with Gasteiger partial charge in [-0.1, -0.05) is 24.8 Å². The number of amides is 1. The fraction of sp³-hybridized carbons (Fsp3) is 0. The van der Waals surface area contributed by atoms with Crippen molar-refractivity contribution < 1.29 is 10.0 Å². The molecule has 12 heavy (non-hydrogen) atoms. The van der Waals surface area contributed by atoms with Crippen LogP contribution in [0.15, 0.2) is 30.8 Å². The van der Waals surface area contributed by atoms with E-state index in [1.807, 2.05) is 0 Å². The van der Waals surface area contributed by atoms with Crippen molar-refractivity contribution in [1.82, 2.24) is 5.48 Å². The summed E-state index contributed by atoms with van der Waals surface area (Å²) in [5, 5.41) is 8.30. The van der Waals surface area contributed by atoms with E-state index in [0.717, 1.165) is 5.56 Å². The number of carbonyl (C=O) groups excluding carboxylic acids is 1. The lowest BCUT2D eigenvalue weighted by molar-refractivity contribution is 0.0706. The first kappa shape index (κ1) is 8.49. The van der Waals surface area contributed by atoms with Crippen molar-refractivity contribution >= 4 is 12.0 Å². The molecule has 1 amide bonds. The maximum atomic E-state index is 10.8. The number of rotatable bonds is 2. The van der Waals surface area contributed by atoms with Crippen molar-refractivity contribution in [3.63, 3.8) is 0 Å². The molecule has 0 bridgehead atoms. The predicted octanol–water partition coefficient (Wildman–Crippen LogP) is 1.45. The molecule has 0 unspecified atom stereocenters. The Morgan fingerprint density at radius 1 is 1.42 bits per heavy atom. The summed E-state index contributed by atoms with van der Waals surface area (Å²) in [6.45, 7) is 3.58. The number of hydrogen-bond donors (Lipinski definition) is 2. The average molecular weight is 163 g/mol. The van der Waals surface area contributed by atoms with Gasteiger partial charge in [0, 0.05) is 5.56 Å². The Kier molecular flexibility index (Phi) is 2.61. The molecular weight excluding hydrogens is 154 g/mol. The number of nitrogens with one attached hydrogen (secondary N) is 1. The normalized spacial score (nSPS) is 9.08. The van der Waals surface area contributed by atoms with Gasteiger partial charge in [-0.15, -0.1) is 0 Å². The van der Waals surface area contributed by atoms with Crippen LogP contribution in [-0.4, -0.2) is 11.1 Å². The summed E-state index contributed by atoms with van der Waals surface area (Å²) in [4.78, 5) is 10.8. The maximum Gasteiger partial charge on any atom is 0.274 e. The molecule has 1 aromatic carbocycles. The van der Waals surface area contributed by atoms with Gasteiger partial charge in [-0.05, 0) is 17.7 Å². The molecule has 2 N–H and O–H groups in total. The minimum absolute atomic E-state index is 0.420. The van der Waals surface area contributed by atoms with Crippen LogP contribution >= 0.6 is 0 Å². The van der Waals surface area contributed by atoms with Crippen molar-refractivity contribution in [3.8, 4) is 0 Å². The Morgan fingerprint density at radius 2 is 2.00 bits per heavy atom. The van der Waals surface area contributed by atoms with Gasteiger partial charge in [0.1, 0.15) is 0 Å². The van der Waals surface area contributed by atoms with Gasteiger partial charge in [-0.25, -0.2) is 5.48 Å². The monoisotopic (exact) mass is 163 g/mol. The van der Waals surface area contributed by atoms with E-state index in [0.29, 0.717) is 5.56 Å². The highest BCUT2D eigenvalue weighted by atomic mass is 16.5. The zero-order chi connectivity index (χ0) is 8.97. The molecule has 62 valence electrons. The van der Waals surface area contributed by atoms with Gasteiger partial charge in [-0.3, -0.25) is 10.0 Å². The highest BCUT2D eigenvalue weighted by Crippen LogP contribution is 2.04. The summed E-state index contributed by atoms with van der Waals surface area (Å²) < 4.78 is 0. The van der Waals surface area contributed by atoms with Gasteiger partial charge in [0.25, 0.3) is 5.91 Å². The van der Waals surface area contributed by atoms with Crippen molar-refractivity contribution in [1.29, 1.82) is 0 Å². The molecule has 0 saturated heterocycles. The van der Waals surface area contributed by atoms with Gasteiger partial charge in [0.05, 0.1) is 0 Å². The minimum Gasteiger partial charge on any atom is -0.288 e. The molecule has 3 heteroatoms. The second kappa shape index (κ2) is 3.69. The molecule has 0 aliphatic heterocycles. The van der Waals surface area contributed by atoms with Crippen LogP contribution in [0.4, 0.5) is 0 Å². The highest BCUT2D eigenvalue weighted by molar-refractivity contribution is 5.93. The summed E-state index contributed by atoms with van der Waals surface area (Å²) >= 11 is 0. The molecule has 1 rings (SSSR count). The summed E-state index contributed by atoms with van der Waals surface area (Å²) in [5.41, 5.74) is 2.91. The first-order valence-corrected chi connectivity index (χ1v) is 3.45. The van der Waals surface area contributed by atoms with Gasteiger partial charge >= 0.3 is 0 Å². The molecule has 0 radical (unpaired) electrons. The van der Waals surface area contributed by atoms with E-state index >= 15 is 0 Å². The Morgan fingerprint density at radius 3 is 2.42 bits per heavy atom. The Bertz CT molecular complexity index is 290. The topological polar surface area (TPSA) is 49.3 Å². The van der Waals surface area contributed by atoms with E-state index in [4.69, 9.17) is 5.21 Å². The number of hydroxylamine groups is 1. The lowest BCUT2D eigenvalue weighted by Crippen LogP contribution is -2.18. The van der Waals surface area contributed by atoms with E-state index < -0.39 is 5.91 Å². The SMILES string of the molecule is C=Cc1ccc(C(=O)NO)cc1. The largest absolute Gasteiger partial charge is 0.288 e. The van der Waals surface area contributed by atoms with Crippen molar-refractivity contribution in [2.75, 3.05) is 0 Å². The van der Waals surface area contributed by atoms with E-state index in [-0.39, 0.29) is 0 Å². The third kappa shape index (κ3) is 1.71. The standard InChI is InChI=1S/C9H9NO2/c1-2-7-3-5-8(6-4-7)9(11)10-12/h2-6,12H,1H2,(H,10,11). The molecule has 0 heterocycles. The summed E-state index contributed by atoms with van der Waals surface area (Å²) in [6.07, 6.45) is 1.68. The summed E-state index contributed by atoms with van der Waals surface area (Å²) in [6, 6.07) is 6.72. The number of hydrogen-bond acceptors (Lipinski definition) is 2. The molecule has 0 fully saturated rings. The van der Waals surface area contributed by atoms with Crippen LogP contribution in [-0.2, 0) is 0 Å². The van der Waals surface area contributed by atoms with Crippen molar-refractivity contribution in [2.45, 2.75) is 0 Å². The lowest BCUT2D eigenvalue weighted by atomic mass is 10.1. The Labute approximate surface area is 70.3 Å². The van der Waals surface area contributed by atoms with Gasteiger partial charge in [0.15, 0.2) is 0 Å². The summed E-state index contributed by atoms with van der Waals surface area (Å²) in [5.74, 6) is -0.509. The molecule has 3 nitrogen and oxygen atoms in total. The van der Waals surface area contributed by atoms with Gasteiger partial charge in [-0.2, -0.15) is 0 Å². The van der Waals surface area contributed by atoms with Crippen molar-refractivity contribution in [2.24, 2.45) is 0 Å². The van der Waals surface area contributed by atoms with Gasteiger partial charge in [0.2, 0.25) is 0 Å². The molecule has 0 saturated carbocycles. The first-order chi connectivity index (χ1) is 5.77. The molecule has 0 aliphatic rings. The molecule has 0 spiro atoms. The molecule has 0 aromatic heterocycles. The second-order valence-electron chi connectivity index (χ2n) is 2.27. The van der Waals surface area contributed by atoms with Crippen LogP contribution in [0.3, 0.4) is 0 Å². The van der Waals surface area contributed by atoms with E-state index in [9.17, 15) is 4.79 Å². The quantitative estimate of drug-likeness (QED) is 0.512. The molecule has 1 aromatic rings. The fourth-order valence-electron chi connectivity index (χ4n) is 0.835. The van der Waals surface area contributed by atoms with Crippen LogP contribution in [0.5, 0.6) is 0 Å². The minimum atomic E-state index is -0.509. The zero-order valence-corrected chi connectivity index (χ0v) is 6.45. The Balaban J connectivity index is 2.91. The molecule has 0 aliphatic carbocycles. The second-order valence-corrected chi connectivity index (χ2v) is 2.27. The van der Waals surface area contributed by atoms with Crippen LogP contribution < -0.4 is 5.48 Å². The predicted molar refractivity (Wildman–Crippen MR) is 45.8 cm³/mol. The van der Waals surface area contributed by atoms with Crippen LogP contribution in [0.25, 0.3) is 6.08 Å². The summed E-state index contributed by atoms with van der Waals surface area (Å²) in [7, 11) is 0. The third-order valence-electron chi connectivity index (χ3n) is 1.51. The smallest absolute Gasteiger partial charge is 0.274 e. The zero-order valence-electron chi connectivity index (χ0n) is 6.45. The fourth-order valence-corrected chi connectivity index (χ4v) is 0.835. The molecule has 0 atom stereocenters. The maximum absolute atomic E-state index is 10.8. The number of carbonyl (C=O) groups is 1. The van der Waals surface area contributed by atoms with Crippen molar-refractivity contribution in [3.05, 3.63) is 42.0 Å². The van der Waals surface area contributed by atoms with Crippen LogP contribution in [0.1, 0.15) is 15.9 Å². The average Bonchev–Trinajstić information content (AvgIpc) is 2.17. The molecular formula is C9H9NO2. The third-order valence-corrected chi connectivity index (χ3v) is 1.51. The van der Waals surface area contributed by atoms with Crippen LogP contribution in [0.2, 0.25) is 0 Å². The lowest BCUT2D eigenvalue weighted by Gasteiger charge is -1.98. The van der Waals surface area contributed by atoms with E-state index in [2.05, 4.69) is 6.58 Å². The van der Waals surface area contributed by atoms with E-state index in [1.54, 1.807) is 35.8 Å². The first-order valence-electron chi connectivity index (χ1n) is 3.45. The highest BCUT2D eigenvalue weighted by Gasteiger charge is 2.01. The van der Waals surface area contributed by atoms with E-state index in [1.165, 1.54) is 0 Å². The van der Waals surface area contributed by atoms with Gasteiger partial charge < -0.3 is 0 Å². The number of benzene rings is 1.